The zero-order chi connectivity index (χ0) is 14.8. The summed E-state index contributed by atoms with van der Waals surface area (Å²) in [6.07, 6.45) is 0. The van der Waals surface area contributed by atoms with Gasteiger partial charge in [0.25, 0.3) is 5.91 Å². The quantitative estimate of drug-likeness (QED) is 0.836. The highest BCUT2D eigenvalue weighted by molar-refractivity contribution is 9.10. The van der Waals surface area contributed by atoms with Crippen molar-refractivity contribution < 1.29 is 14.3 Å². The van der Waals surface area contributed by atoms with Gasteiger partial charge in [-0.1, -0.05) is 24.3 Å². The van der Waals surface area contributed by atoms with Crippen molar-refractivity contribution in [3.8, 4) is 5.75 Å². The molecule has 0 unspecified atom stereocenters. The van der Waals surface area contributed by atoms with Crippen molar-refractivity contribution in [3.05, 3.63) is 40.4 Å². The van der Waals surface area contributed by atoms with Gasteiger partial charge in [-0.15, -0.1) is 0 Å². The molecule has 1 fully saturated rings. The van der Waals surface area contributed by atoms with E-state index in [1.807, 2.05) is 30.3 Å². The first kappa shape index (κ1) is 14.4. The van der Waals surface area contributed by atoms with Crippen molar-refractivity contribution in [2.45, 2.75) is 0 Å². The van der Waals surface area contributed by atoms with Crippen molar-refractivity contribution in [2.24, 2.45) is 0 Å². The van der Waals surface area contributed by atoms with Gasteiger partial charge in [-0.25, -0.2) is 0 Å². The molecule has 0 aliphatic carbocycles. The Balaban J connectivity index is 2.11. The van der Waals surface area contributed by atoms with Crippen LogP contribution in [0.3, 0.4) is 0 Å². The van der Waals surface area contributed by atoms with Gasteiger partial charge in [0.15, 0.2) is 0 Å². The Kier molecular flexibility index (Phi) is 4.12. The Morgan fingerprint density at radius 2 is 2.00 bits per heavy atom. The summed E-state index contributed by atoms with van der Waals surface area (Å²) < 4.78 is 11.5. The lowest BCUT2D eigenvalue weighted by atomic mass is 10.0. The summed E-state index contributed by atoms with van der Waals surface area (Å²) in [5, 5.41) is 2.05. The van der Waals surface area contributed by atoms with Crippen molar-refractivity contribution in [2.75, 3.05) is 33.4 Å². The summed E-state index contributed by atoms with van der Waals surface area (Å²) in [4.78, 5) is 14.6. The lowest BCUT2D eigenvalue weighted by Gasteiger charge is -2.28. The van der Waals surface area contributed by atoms with E-state index in [4.69, 9.17) is 9.47 Å². The fraction of sp³-hybridized carbons (Fsp3) is 0.312. The fourth-order valence-corrected chi connectivity index (χ4v) is 3.29. The number of methoxy groups -OCH3 is 1. The second-order valence-corrected chi connectivity index (χ2v) is 5.69. The summed E-state index contributed by atoms with van der Waals surface area (Å²) in [5.74, 6) is 0.574. The standard InChI is InChI=1S/C16H16BrNO3/c1-20-13-10-11-4-2-3-5-12(11)15(17)14(13)16(19)18-6-8-21-9-7-18/h2-5,10H,6-9H2,1H3. The van der Waals surface area contributed by atoms with Gasteiger partial charge in [-0.3, -0.25) is 4.79 Å². The third-order valence-electron chi connectivity index (χ3n) is 3.68. The minimum Gasteiger partial charge on any atom is -0.496 e. The first-order valence-corrected chi connectivity index (χ1v) is 7.64. The van der Waals surface area contributed by atoms with E-state index < -0.39 is 0 Å². The van der Waals surface area contributed by atoms with E-state index in [9.17, 15) is 4.79 Å². The van der Waals surface area contributed by atoms with Crippen LogP contribution in [0, 0.1) is 0 Å². The summed E-state index contributed by atoms with van der Waals surface area (Å²) in [5.41, 5.74) is 0.582. The van der Waals surface area contributed by atoms with E-state index in [0.29, 0.717) is 37.6 Å². The van der Waals surface area contributed by atoms with E-state index in [1.165, 1.54) is 0 Å². The molecular formula is C16H16BrNO3. The Hall–Kier alpha value is -1.59. The van der Waals surface area contributed by atoms with Crippen LogP contribution in [0.4, 0.5) is 0 Å². The third kappa shape index (κ3) is 2.63. The number of halogens is 1. The van der Waals surface area contributed by atoms with Crippen LogP contribution in [-0.4, -0.2) is 44.2 Å². The van der Waals surface area contributed by atoms with Gasteiger partial charge in [-0.05, 0) is 32.8 Å². The van der Waals surface area contributed by atoms with Crippen LogP contribution < -0.4 is 4.74 Å². The largest absolute Gasteiger partial charge is 0.496 e. The predicted octanol–water partition coefficient (Wildman–Crippen LogP) is 3.08. The number of benzene rings is 2. The topological polar surface area (TPSA) is 38.8 Å². The number of morpholine rings is 1. The summed E-state index contributed by atoms with van der Waals surface area (Å²) in [6.45, 7) is 2.39. The first-order chi connectivity index (χ1) is 10.2. The average molecular weight is 350 g/mol. The molecule has 1 aliphatic heterocycles. The molecule has 0 bridgehead atoms. The number of nitrogens with zero attached hydrogens (tertiary/aromatic N) is 1. The molecule has 0 radical (unpaired) electrons. The van der Waals surface area contributed by atoms with Crippen molar-refractivity contribution in [1.82, 2.24) is 4.90 Å². The Morgan fingerprint density at radius 1 is 1.29 bits per heavy atom. The van der Waals surface area contributed by atoms with Crippen LogP contribution in [0.15, 0.2) is 34.8 Å². The lowest BCUT2D eigenvalue weighted by molar-refractivity contribution is 0.0300. The molecule has 3 rings (SSSR count). The molecule has 5 heteroatoms. The van der Waals surface area contributed by atoms with E-state index in [-0.39, 0.29) is 5.91 Å². The molecule has 0 spiro atoms. The van der Waals surface area contributed by atoms with Crippen LogP contribution in [-0.2, 0) is 4.74 Å². The Labute approximate surface area is 131 Å². The Morgan fingerprint density at radius 3 is 2.71 bits per heavy atom. The smallest absolute Gasteiger partial charge is 0.258 e. The van der Waals surface area contributed by atoms with Crippen molar-refractivity contribution in [3.63, 3.8) is 0 Å². The second-order valence-electron chi connectivity index (χ2n) is 4.89. The van der Waals surface area contributed by atoms with Crippen LogP contribution in [0.25, 0.3) is 10.8 Å². The first-order valence-electron chi connectivity index (χ1n) is 6.84. The number of hydrogen-bond donors (Lipinski definition) is 0. The maximum atomic E-state index is 12.8. The number of amides is 1. The molecule has 0 N–H and O–H groups in total. The van der Waals surface area contributed by atoms with Gasteiger partial charge >= 0.3 is 0 Å². The van der Waals surface area contributed by atoms with Crippen LogP contribution >= 0.6 is 15.9 Å². The highest BCUT2D eigenvalue weighted by Crippen LogP contribution is 2.35. The molecule has 0 aromatic heterocycles. The maximum absolute atomic E-state index is 12.8. The van der Waals surface area contributed by atoms with Crippen LogP contribution in [0.5, 0.6) is 5.75 Å². The summed E-state index contributed by atoms with van der Waals surface area (Å²) >= 11 is 3.58. The van der Waals surface area contributed by atoms with Crippen LogP contribution in [0.1, 0.15) is 10.4 Å². The van der Waals surface area contributed by atoms with E-state index in [2.05, 4.69) is 15.9 Å². The molecule has 1 amide bonds. The zero-order valence-corrected chi connectivity index (χ0v) is 13.4. The molecule has 1 saturated heterocycles. The molecular weight excluding hydrogens is 334 g/mol. The van der Waals surface area contributed by atoms with Crippen molar-refractivity contribution in [1.29, 1.82) is 0 Å². The summed E-state index contributed by atoms with van der Waals surface area (Å²) in [6, 6.07) is 9.84. The lowest BCUT2D eigenvalue weighted by Crippen LogP contribution is -2.41. The number of hydrogen-bond acceptors (Lipinski definition) is 3. The minimum atomic E-state index is -0.0206. The molecule has 0 atom stereocenters. The van der Waals surface area contributed by atoms with Gasteiger partial charge in [0.2, 0.25) is 0 Å². The molecule has 1 heterocycles. The maximum Gasteiger partial charge on any atom is 0.258 e. The number of carbonyl (C=O) groups excluding carboxylic acids is 1. The second kappa shape index (κ2) is 6.03. The third-order valence-corrected chi connectivity index (χ3v) is 4.51. The highest BCUT2D eigenvalue weighted by Gasteiger charge is 2.25. The number of ether oxygens (including phenoxy) is 2. The predicted molar refractivity (Wildman–Crippen MR) is 84.9 cm³/mol. The van der Waals surface area contributed by atoms with Crippen molar-refractivity contribution >= 4 is 32.6 Å². The monoisotopic (exact) mass is 349 g/mol. The van der Waals surface area contributed by atoms with Gasteiger partial charge in [-0.2, -0.15) is 0 Å². The number of carbonyl (C=O) groups is 1. The van der Waals surface area contributed by atoms with E-state index in [1.54, 1.807) is 12.0 Å². The fourth-order valence-electron chi connectivity index (χ4n) is 2.56. The van der Waals surface area contributed by atoms with Gasteiger partial charge in [0, 0.05) is 17.6 Å². The van der Waals surface area contributed by atoms with Gasteiger partial charge < -0.3 is 14.4 Å². The number of rotatable bonds is 2. The molecule has 2 aromatic carbocycles. The number of fused-ring (bicyclic) bond motifs is 1. The highest BCUT2D eigenvalue weighted by atomic mass is 79.9. The summed E-state index contributed by atoms with van der Waals surface area (Å²) in [7, 11) is 1.59. The zero-order valence-electron chi connectivity index (χ0n) is 11.8. The molecule has 21 heavy (non-hydrogen) atoms. The van der Waals surface area contributed by atoms with Gasteiger partial charge in [0.05, 0.1) is 25.9 Å². The Bertz CT molecular complexity index is 681. The minimum absolute atomic E-state index is 0.0206. The van der Waals surface area contributed by atoms with E-state index in [0.717, 1.165) is 15.2 Å². The van der Waals surface area contributed by atoms with Crippen LogP contribution in [0.2, 0.25) is 0 Å². The molecule has 2 aromatic rings. The molecule has 1 aliphatic rings. The molecule has 110 valence electrons. The average Bonchev–Trinajstić information content (AvgIpc) is 2.55. The molecule has 0 saturated carbocycles. The SMILES string of the molecule is COc1cc2ccccc2c(Br)c1C(=O)N1CCOCC1. The normalized spacial score (nSPS) is 15.2. The van der Waals surface area contributed by atoms with E-state index >= 15 is 0 Å². The van der Waals surface area contributed by atoms with Gasteiger partial charge in [0.1, 0.15) is 5.75 Å². The molecule has 4 nitrogen and oxygen atoms in total.